The van der Waals surface area contributed by atoms with Crippen LogP contribution in [0.1, 0.15) is 30.6 Å². The number of β-lactam (4-membered cyclic amide) rings is 1. The molecule has 3 aliphatic rings. The van der Waals surface area contributed by atoms with E-state index in [0.717, 1.165) is 21.6 Å². The van der Waals surface area contributed by atoms with E-state index in [2.05, 4.69) is 5.32 Å². The second-order valence-electron chi connectivity index (χ2n) is 9.02. The molecule has 192 valence electrons. The summed E-state index contributed by atoms with van der Waals surface area (Å²) in [6, 6.07) is 3.56. The normalized spacial score (nSPS) is 28.0. The summed E-state index contributed by atoms with van der Waals surface area (Å²) in [5.41, 5.74) is -0.336. The molecular weight excluding hydrogens is 494 g/mol. The second-order valence-corrected chi connectivity index (χ2v) is 10.4. The Kier molecular flexibility index (Phi) is 6.71. The molecule has 2 saturated heterocycles. The van der Waals surface area contributed by atoms with Crippen LogP contribution < -0.4 is 20.6 Å². The third kappa shape index (κ3) is 4.28. The van der Waals surface area contributed by atoms with Crippen LogP contribution in [0, 0.1) is 11.8 Å². The number of hydrogen-bond donors (Lipinski definition) is 2. The third-order valence-electron chi connectivity index (χ3n) is 6.76. The summed E-state index contributed by atoms with van der Waals surface area (Å²) < 4.78 is 0. The van der Waals surface area contributed by atoms with Gasteiger partial charge < -0.3 is 49.9 Å². The highest BCUT2D eigenvalue weighted by Gasteiger charge is 2.59. The van der Waals surface area contributed by atoms with Gasteiger partial charge in [-0.3, -0.25) is 9.59 Å². The standard InChI is InChI=1S/C23H25N3O9S/c1-9-16-15(10(2)27)20(29)26(16)17(22(32)33)18(9)36-13-7-14(25(8-13)23(34)35)19(28)24-12-5-3-4-11(6-12)21(30)31/h3-6,9-10,13-16,27H,7-8H2,1-2H3,(H,24,28)(H,30,31)(H,32,33)(H,34,35)/p-3/t9-,10-,13+,14+,15-,16-/m1/s1. The van der Waals surface area contributed by atoms with Crippen LogP contribution in [0.15, 0.2) is 34.9 Å². The lowest BCUT2D eigenvalue weighted by atomic mass is 9.79. The number of likely N-dealkylation sites (tertiary alicyclic amines) is 1. The van der Waals surface area contributed by atoms with Crippen LogP contribution in [0.4, 0.5) is 10.5 Å². The Hall–Kier alpha value is -3.58. The van der Waals surface area contributed by atoms with E-state index in [4.69, 9.17) is 0 Å². The number of carbonyl (C=O) groups is 5. The summed E-state index contributed by atoms with van der Waals surface area (Å²) in [5.74, 6) is -5.43. The number of carbonyl (C=O) groups excluding carboxylic acids is 5. The number of anilines is 1. The Morgan fingerprint density at radius 2 is 1.86 bits per heavy atom. The van der Waals surface area contributed by atoms with E-state index in [1.165, 1.54) is 31.2 Å². The molecule has 6 atom stereocenters. The highest BCUT2D eigenvalue weighted by Crippen LogP contribution is 2.52. The highest BCUT2D eigenvalue weighted by atomic mass is 32.2. The zero-order valence-electron chi connectivity index (χ0n) is 19.2. The summed E-state index contributed by atoms with van der Waals surface area (Å²) in [7, 11) is 0. The maximum Gasteiger partial charge on any atom is 0.247 e. The number of aliphatic hydroxyl groups excluding tert-OH is 1. The van der Waals surface area contributed by atoms with Gasteiger partial charge in [0.05, 0.1) is 35.7 Å². The summed E-state index contributed by atoms with van der Waals surface area (Å²) >= 11 is 1.06. The Morgan fingerprint density at radius 1 is 1.17 bits per heavy atom. The molecule has 1 aromatic carbocycles. The zero-order valence-corrected chi connectivity index (χ0v) is 20.0. The van der Waals surface area contributed by atoms with Gasteiger partial charge in [-0.15, -0.1) is 11.8 Å². The van der Waals surface area contributed by atoms with Crippen LogP contribution >= 0.6 is 11.8 Å². The van der Waals surface area contributed by atoms with Crippen LogP contribution in [0.2, 0.25) is 0 Å². The number of benzene rings is 1. The number of nitrogens with zero attached hydrogens (tertiary/aromatic N) is 2. The molecule has 4 rings (SSSR count). The minimum atomic E-state index is -1.59. The Labute approximate surface area is 209 Å². The Morgan fingerprint density at radius 3 is 2.44 bits per heavy atom. The van der Waals surface area contributed by atoms with Gasteiger partial charge in [0, 0.05) is 28.3 Å². The third-order valence-corrected chi connectivity index (χ3v) is 8.26. The summed E-state index contributed by atoms with van der Waals surface area (Å²) in [6.45, 7) is 3.04. The van der Waals surface area contributed by atoms with Gasteiger partial charge in [0.1, 0.15) is 12.1 Å². The average Bonchev–Trinajstić information content (AvgIpc) is 3.32. The minimum Gasteiger partial charge on any atom is -0.545 e. The molecule has 0 bridgehead atoms. The van der Waals surface area contributed by atoms with Gasteiger partial charge in [0.15, 0.2) is 0 Å². The van der Waals surface area contributed by atoms with E-state index >= 15 is 0 Å². The Balaban J connectivity index is 1.53. The molecule has 3 amide bonds. The van der Waals surface area contributed by atoms with Crippen LogP contribution in [0.3, 0.4) is 0 Å². The van der Waals surface area contributed by atoms with Crippen molar-refractivity contribution in [2.24, 2.45) is 11.8 Å². The topological polar surface area (TPSA) is 193 Å². The molecule has 0 spiro atoms. The monoisotopic (exact) mass is 516 g/mol. The van der Waals surface area contributed by atoms with Gasteiger partial charge in [-0.2, -0.15) is 0 Å². The van der Waals surface area contributed by atoms with E-state index in [-0.39, 0.29) is 29.9 Å². The number of thioether (sulfide) groups is 1. The lowest BCUT2D eigenvalue weighted by Gasteiger charge is -2.47. The van der Waals surface area contributed by atoms with Gasteiger partial charge in [-0.25, -0.2) is 0 Å². The largest absolute Gasteiger partial charge is 0.545 e. The SMILES string of the molecule is C[C@@H](O)[C@H]1C(=O)N2C(C(=O)[O-])=C(S[C@H]3C[C@@H](C(=O)Nc4cccc(C(=O)[O-])c4)N(C(=O)[O-])C3)[C@H](C)[C@H]12. The highest BCUT2D eigenvalue weighted by molar-refractivity contribution is 8.03. The first-order valence-electron chi connectivity index (χ1n) is 11.2. The molecule has 36 heavy (non-hydrogen) atoms. The number of aromatic carboxylic acids is 1. The van der Waals surface area contributed by atoms with Crippen molar-refractivity contribution in [3.05, 3.63) is 40.4 Å². The van der Waals surface area contributed by atoms with Gasteiger partial charge >= 0.3 is 0 Å². The van der Waals surface area contributed by atoms with Crippen LogP contribution in [0.5, 0.6) is 0 Å². The number of aliphatic hydroxyl groups is 1. The molecule has 12 nitrogen and oxygen atoms in total. The van der Waals surface area contributed by atoms with E-state index in [1.54, 1.807) is 6.92 Å². The minimum absolute atomic E-state index is 0.0135. The maximum absolute atomic E-state index is 12.9. The molecule has 13 heteroatoms. The van der Waals surface area contributed by atoms with Crippen molar-refractivity contribution in [1.82, 2.24) is 9.80 Å². The molecule has 1 aromatic rings. The van der Waals surface area contributed by atoms with Crippen LogP contribution in [0.25, 0.3) is 0 Å². The van der Waals surface area contributed by atoms with Crippen molar-refractivity contribution >= 4 is 47.3 Å². The molecule has 0 radical (unpaired) electrons. The van der Waals surface area contributed by atoms with Crippen molar-refractivity contribution in [3.63, 3.8) is 0 Å². The first-order chi connectivity index (χ1) is 16.9. The predicted molar refractivity (Wildman–Crippen MR) is 118 cm³/mol. The van der Waals surface area contributed by atoms with Crippen LogP contribution in [-0.4, -0.2) is 74.7 Å². The van der Waals surface area contributed by atoms with Crippen molar-refractivity contribution in [3.8, 4) is 0 Å². The smallest absolute Gasteiger partial charge is 0.247 e. The summed E-state index contributed by atoms with van der Waals surface area (Å²) in [5, 5.41) is 46.6. The number of rotatable bonds is 7. The predicted octanol–water partition coefficient (Wildman–Crippen LogP) is -2.67. The van der Waals surface area contributed by atoms with Gasteiger partial charge in [-0.05, 0) is 31.0 Å². The first-order valence-corrected chi connectivity index (χ1v) is 12.0. The van der Waals surface area contributed by atoms with E-state index in [1.807, 2.05) is 0 Å². The second kappa shape index (κ2) is 9.47. The molecule has 2 fully saturated rings. The van der Waals surface area contributed by atoms with E-state index in [9.17, 15) is 44.4 Å². The van der Waals surface area contributed by atoms with Gasteiger partial charge in [-0.1, -0.05) is 19.1 Å². The van der Waals surface area contributed by atoms with Crippen LogP contribution in [-0.2, 0) is 14.4 Å². The number of amides is 3. The molecule has 0 saturated carbocycles. The molecule has 2 N–H and O–H groups in total. The number of nitrogens with one attached hydrogen (secondary N) is 1. The van der Waals surface area contributed by atoms with Crippen molar-refractivity contribution in [2.45, 2.75) is 43.7 Å². The average molecular weight is 517 g/mol. The van der Waals surface area contributed by atoms with E-state index < -0.39 is 65.1 Å². The van der Waals surface area contributed by atoms with Gasteiger partial charge in [0.2, 0.25) is 11.8 Å². The number of hydrogen-bond acceptors (Lipinski definition) is 10. The van der Waals surface area contributed by atoms with E-state index in [0.29, 0.717) is 4.91 Å². The lowest BCUT2D eigenvalue weighted by Crippen LogP contribution is -2.64. The number of aliphatic carboxylic acids is 1. The first kappa shape index (κ1) is 25.5. The Bertz CT molecular complexity index is 1180. The number of fused-ring (bicyclic) bond motifs is 1. The fourth-order valence-corrected chi connectivity index (χ4v) is 6.65. The fourth-order valence-electron chi connectivity index (χ4n) is 5.13. The van der Waals surface area contributed by atoms with Gasteiger partial charge in [0.25, 0.3) is 0 Å². The van der Waals surface area contributed by atoms with Crippen molar-refractivity contribution in [2.75, 3.05) is 11.9 Å². The number of carboxylic acids is 2. The summed E-state index contributed by atoms with van der Waals surface area (Å²) in [6.07, 6.45) is -2.56. The van der Waals surface area contributed by atoms with Crippen molar-refractivity contribution < 1.29 is 44.4 Å². The summed E-state index contributed by atoms with van der Waals surface area (Å²) in [4.78, 5) is 62.4. The molecule has 3 heterocycles. The molecule has 0 aliphatic carbocycles. The maximum atomic E-state index is 12.9. The number of carboxylic acid groups (broad SMARTS) is 3. The molecule has 3 aliphatic heterocycles. The molecule has 0 unspecified atom stereocenters. The van der Waals surface area contributed by atoms with Crippen molar-refractivity contribution in [1.29, 1.82) is 0 Å². The zero-order chi connectivity index (χ0) is 26.5. The fraction of sp³-hybridized carbons (Fsp3) is 0.435. The lowest BCUT2D eigenvalue weighted by molar-refractivity contribution is -0.301. The quantitative estimate of drug-likeness (QED) is 0.361. The molecular formula is C23H22N3O9S-3. The molecule has 0 aromatic heterocycles.